The van der Waals surface area contributed by atoms with Crippen molar-refractivity contribution in [2.75, 3.05) is 46.4 Å². The van der Waals surface area contributed by atoms with E-state index in [9.17, 15) is 0 Å². The van der Waals surface area contributed by atoms with Gasteiger partial charge in [0.15, 0.2) is 0 Å². The quantitative estimate of drug-likeness (QED) is 0.737. The van der Waals surface area contributed by atoms with Gasteiger partial charge in [-0.1, -0.05) is 19.0 Å². The summed E-state index contributed by atoms with van der Waals surface area (Å²) in [5, 5.41) is 3.80. The first-order chi connectivity index (χ1) is 9.34. The minimum Gasteiger partial charge on any atom is -0.375 e. The lowest BCUT2D eigenvalue weighted by atomic mass is 10.3. The molecule has 5 heteroatoms. The van der Waals surface area contributed by atoms with Crippen LogP contribution in [-0.4, -0.2) is 61.3 Å². The molecular weight excluding hydrogens is 242 g/mol. The Morgan fingerprint density at radius 3 is 2.63 bits per heavy atom. The van der Waals surface area contributed by atoms with Crippen LogP contribution in [0.15, 0.2) is 16.9 Å². The lowest BCUT2D eigenvalue weighted by Crippen LogP contribution is -2.44. The molecule has 5 nitrogen and oxygen atoms in total. The molecule has 110 valence electrons. The van der Waals surface area contributed by atoms with Crippen molar-refractivity contribution in [2.24, 2.45) is 0 Å². The van der Waals surface area contributed by atoms with Gasteiger partial charge in [-0.2, -0.15) is 0 Å². The molecule has 0 atom stereocenters. The first-order valence-corrected chi connectivity index (χ1v) is 7.22. The van der Waals surface area contributed by atoms with E-state index in [1.807, 2.05) is 19.9 Å². The van der Waals surface area contributed by atoms with Crippen molar-refractivity contribution in [3.63, 3.8) is 0 Å². The van der Waals surface area contributed by atoms with Crippen molar-refractivity contribution in [2.45, 2.75) is 26.9 Å². The number of hydrogen-bond donors (Lipinski definition) is 0. The Bertz CT molecular complexity index is 296. The molecular formula is C14H27N3O2. The van der Waals surface area contributed by atoms with Gasteiger partial charge in [0.1, 0.15) is 12.0 Å². The molecule has 2 heterocycles. The van der Waals surface area contributed by atoms with Crippen LogP contribution in [-0.2, 0) is 11.3 Å². The van der Waals surface area contributed by atoms with E-state index in [1.54, 1.807) is 6.26 Å². The Kier molecular flexibility index (Phi) is 8.45. The molecule has 0 saturated carbocycles. The van der Waals surface area contributed by atoms with Crippen LogP contribution in [0.5, 0.6) is 0 Å². The topological polar surface area (TPSA) is 41.7 Å². The van der Waals surface area contributed by atoms with Gasteiger partial charge in [-0.25, -0.2) is 0 Å². The molecule has 0 N–H and O–H groups in total. The summed E-state index contributed by atoms with van der Waals surface area (Å²) >= 11 is 0. The van der Waals surface area contributed by atoms with Crippen molar-refractivity contribution < 1.29 is 9.26 Å². The Balaban J connectivity index is 0.000000861. The van der Waals surface area contributed by atoms with Crippen LogP contribution < -0.4 is 0 Å². The zero-order valence-corrected chi connectivity index (χ0v) is 12.5. The fourth-order valence-electron chi connectivity index (χ4n) is 1.95. The van der Waals surface area contributed by atoms with Crippen LogP contribution in [0.1, 0.15) is 26.0 Å². The molecule has 0 amide bonds. The second-order valence-corrected chi connectivity index (χ2v) is 4.54. The van der Waals surface area contributed by atoms with Crippen LogP contribution in [0.3, 0.4) is 0 Å². The zero-order valence-electron chi connectivity index (χ0n) is 12.5. The van der Waals surface area contributed by atoms with E-state index in [0.29, 0.717) is 6.61 Å². The molecule has 1 aromatic heterocycles. The molecule has 1 fully saturated rings. The molecule has 0 aromatic carbocycles. The van der Waals surface area contributed by atoms with Gasteiger partial charge in [0.2, 0.25) is 0 Å². The standard InChI is InChI=1S/C12H21N3O2.C2H6/c1-14-5-7-15(8-6-14)4-2-9-16-11-12-3-10-17-13-12;1-2/h3,10H,2,4-9,11H2,1H3;1-2H3. The average Bonchev–Trinajstić information content (AvgIpc) is 2.96. The van der Waals surface area contributed by atoms with Crippen molar-refractivity contribution in [1.82, 2.24) is 15.0 Å². The monoisotopic (exact) mass is 269 g/mol. The number of ether oxygens (including phenoxy) is 1. The highest BCUT2D eigenvalue weighted by Gasteiger charge is 2.12. The molecule has 1 aromatic rings. The smallest absolute Gasteiger partial charge is 0.124 e. The van der Waals surface area contributed by atoms with Crippen LogP contribution in [0.4, 0.5) is 0 Å². The number of aromatic nitrogens is 1. The van der Waals surface area contributed by atoms with Gasteiger partial charge >= 0.3 is 0 Å². The van der Waals surface area contributed by atoms with Gasteiger partial charge in [-0.15, -0.1) is 0 Å². The fraction of sp³-hybridized carbons (Fsp3) is 0.786. The molecule has 0 aliphatic carbocycles. The Morgan fingerprint density at radius 1 is 1.26 bits per heavy atom. The fourth-order valence-corrected chi connectivity index (χ4v) is 1.95. The van der Waals surface area contributed by atoms with E-state index >= 15 is 0 Å². The second kappa shape index (κ2) is 9.95. The van der Waals surface area contributed by atoms with E-state index in [4.69, 9.17) is 9.26 Å². The summed E-state index contributed by atoms with van der Waals surface area (Å²) in [7, 11) is 2.18. The molecule has 1 aliphatic heterocycles. The average molecular weight is 269 g/mol. The summed E-state index contributed by atoms with van der Waals surface area (Å²) in [5.74, 6) is 0. The van der Waals surface area contributed by atoms with E-state index < -0.39 is 0 Å². The third-order valence-electron chi connectivity index (χ3n) is 3.10. The maximum absolute atomic E-state index is 5.53. The maximum Gasteiger partial charge on any atom is 0.124 e. The van der Waals surface area contributed by atoms with Gasteiger partial charge in [-0.05, 0) is 13.5 Å². The molecule has 0 radical (unpaired) electrons. The van der Waals surface area contributed by atoms with E-state index in [2.05, 4.69) is 22.0 Å². The number of rotatable bonds is 6. The van der Waals surface area contributed by atoms with E-state index in [0.717, 1.165) is 25.3 Å². The Hall–Kier alpha value is -0.910. The molecule has 19 heavy (non-hydrogen) atoms. The number of hydrogen-bond acceptors (Lipinski definition) is 5. The van der Waals surface area contributed by atoms with E-state index in [1.165, 1.54) is 26.2 Å². The first kappa shape index (κ1) is 16.1. The molecule has 1 saturated heterocycles. The van der Waals surface area contributed by atoms with Crippen LogP contribution in [0.25, 0.3) is 0 Å². The largest absolute Gasteiger partial charge is 0.375 e. The van der Waals surface area contributed by atoms with Crippen LogP contribution >= 0.6 is 0 Å². The van der Waals surface area contributed by atoms with Gasteiger partial charge in [0.05, 0.1) is 6.61 Å². The molecule has 0 bridgehead atoms. The highest BCUT2D eigenvalue weighted by molar-refractivity contribution is 4.92. The summed E-state index contributed by atoms with van der Waals surface area (Å²) in [5.41, 5.74) is 0.865. The Labute approximate surface area is 116 Å². The summed E-state index contributed by atoms with van der Waals surface area (Å²) in [6.07, 6.45) is 2.66. The predicted octanol–water partition coefficient (Wildman–Crippen LogP) is 1.85. The summed E-state index contributed by atoms with van der Waals surface area (Å²) in [4.78, 5) is 4.87. The third-order valence-corrected chi connectivity index (χ3v) is 3.10. The van der Waals surface area contributed by atoms with Crippen LogP contribution in [0.2, 0.25) is 0 Å². The molecule has 0 unspecified atom stereocenters. The normalized spacial score (nSPS) is 17.0. The van der Waals surface area contributed by atoms with Crippen molar-refractivity contribution in [3.8, 4) is 0 Å². The molecule has 2 rings (SSSR count). The maximum atomic E-state index is 5.53. The van der Waals surface area contributed by atoms with Gasteiger partial charge in [-0.3, -0.25) is 0 Å². The molecule has 1 aliphatic rings. The molecule has 0 spiro atoms. The number of piperazine rings is 1. The third kappa shape index (κ3) is 6.71. The van der Waals surface area contributed by atoms with E-state index in [-0.39, 0.29) is 0 Å². The second-order valence-electron chi connectivity index (χ2n) is 4.54. The first-order valence-electron chi connectivity index (χ1n) is 7.22. The van der Waals surface area contributed by atoms with Crippen molar-refractivity contribution >= 4 is 0 Å². The summed E-state index contributed by atoms with van der Waals surface area (Å²) < 4.78 is 10.3. The predicted molar refractivity (Wildman–Crippen MR) is 76.1 cm³/mol. The summed E-state index contributed by atoms with van der Waals surface area (Å²) in [6.45, 7) is 11.2. The van der Waals surface area contributed by atoms with Gasteiger partial charge in [0.25, 0.3) is 0 Å². The summed E-state index contributed by atoms with van der Waals surface area (Å²) in [6, 6.07) is 1.83. The zero-order chi connectivity index (χ0) is 13.9. The van der Waals surface area contributed by atoms with Crippen molar-refractivity contribution in [3.05, 3.63) is 18.0 Å². The van der Waals surface area contributed by atoms with Crippen molar-refractivity contribution in [1.29, 1.82) is 0 Å². The highest BCUT2D eigenvalue weighted by Crippen LogP contribution is 2.01. The minimum atomic E-state index is 0.555. The number of likely N-dealkylation sites (N-methyl/N-ethyl adjacent to an activating group) is 1. The SMILES string of the molecule is CC.CN1CCN(CCCOCc2ccon2)CC1. The lowest BCUT2D eigenvalue weighted by Gasteiger charge is -2.32. The lowest BCUT2D eigenvalue weighted by molar-refractivity contribution is 0.0937. The Morgan fingerprint density at radius 2 is 2.00 bits per heavy atom. The van der Waals surface area contributed by atoms with Crippen LogP contribution in [0, 0.1) is 0 Å². The minimum absolute atomic E-state index is 0.555. The number of nitrogens with zero attached hydrogens (tertiary/aromatic N) is 3. The van der Waals surface area contributed by atoms with Gasteiger partial charge in [0, 0.05) is 45.4 Å². The van der Waals surface area contributed by atoms with Gasteiger partial charge < -0.3 is 19.1 Å². The highest BCUT2D eigenvalue weighted by atomic mass is 16.5.